The maximum absolute atomic E-state index is 12.2. The number of hydrogen-bond acceptors (Lipinski definition) is 2. The maximum Gasteiger partial charge on any atom is 0.317 e. The highest BCUT2D eigenvalue weighted by molar-refractivity contribution is 5.74. The van der Waals surface area contributed by atoms with Crippen molar-refractivity contribution in [1.29, 1.82) is 0 Å². The van der Waals surface area contributed by atoms with Crippen LogP contribution in [0.2, 0.25) is 0 Å². The summed E-state index contributed by atoms with van der Waals surface area (Å²) in [6, 6.07) is 10.6. The summed E-state index contributed by atoms with van der Waals surface area (Å²) in [5.41, 5.74) is 1.19. The third-order valence-corrected chi connectivity index (χ3v) is 5.01. The van der Waals surface area contributed by atoms with E-state index in [1.54, 1.807) is 0 Å². The van der Waals surface area contributed by atoms with Crippen LogP contribution in [-0.4, -0.2) is 37.2 Å². The summed E-state index contributed by atoms with van der Waals surface area (Å²) < 4.78 is 5.84. The summed E-state index contributed by atoms with van der Waals surface area (Å²) in [7, 11) is 1.92. The highest BCUT2D eigenvalue weighted by Gasteiger charge is 2.25. The highest BCUT2D eigenvalue weighted by atomic mass is 16.5. The van der Waals surface area contributed by atoms with E-state index in [0.717, 1.165) is 25.2 Å². The Hall–Kier alpha value is -1.55. The Morgan fingerprint density at radius 2 is 2.08 bits per heavy atom. The molecule has 1 aliphatic rings. The van der Waals surface area contributed by atoms with Crippen LogP contribution < -0.4 is 5.32 Å². The average Bonchev–Trinajstić information content (AvgIpc) is 2.61. The minimum atomic E-state index is 0.0465. The van der Waals surface area contributed by atoms with Gasteiger partial charge < -0.3 is 15.0 Å². The van der Waals surface area contributed by atoms with Gasteiger partial charge in [0.1, 0.15) is 0 Å². The zero-order valence-corrected chi connectivity index (χ0v) is 15.3. The molecule has 1 fully saturated rings. The molecule has 1 saturated carbocycles. The van der Waals surface area contributed by atoms with E-state index in [1.807, 2.05) is 30.1 Å². The van der Waals surface area contributed by atoms with Gasteiger partial charge in [0.05, 0.1) is 6.10 Å². The van der Waals surface area contributed by atoms with E-state index in [1.165, 1.54) is 18.4 Å². The van der Waals surface area contributed by atoms with Crippen LogP contribution in [-0.2, 0) is 4.74 Å². The Morgan fingerprint density at radius 3 is 2.79 bits per heavy atom. The van der Waals surface area contributed by atoms with Gasteiger partial charge in [-0.05, 0) is 37.7 Å². The lowest BCUT2D eigenvalue weighted by atomic mass is 9.86. The van der Waals surface area contributed by atoms with Crippen molar-refractivity contribution in [1.82, 2.24) is 10.2 Å². The Morgan fingerprint density at radius 1 is 1.33 bits per heavy atom. The van der Waals surface area contributed by atoms with Gasteiger partial charge in [0.2, 0.25) is 0 Å². The van der Waals surface area contributed by atoms with Crippen molar-refractivity contribution in [2.24, 2.45) is 5.92 Å². The number of carbonyl (C=O) groups excluding carboxylic acids is 1. The quantitative estimate of drug-likeness (QED) is 0.753. The number of rotatable bonds is 7. The van der Waals surface area contributed by atoms with E-state index in [9.17, 15) is 4.79 Å². The van der Waals surface area contributed by atoms with Gasteiger partial charge in [-0.25, -0.2) is 4.79 Å². The topological polar surface area (TPSA) is 41.6 Å². The molecule has 3 atom stereocenters. The third-order valence-electron chi connectivity index (χ3n) is 5.01. The molecule has 1 aliphatic carbocycles. The first kappa shape index (κ1) is 18.8. The van der Waals surface area contributed by atoms with Crippen LogP contribution in [0, 0.1) is 5.92 Å². The van der Waals surface area contributed by atoms with Crippen LogP contribution >= 0.6 is 0 Å². The van der Waals surface area contributed by atoms with E-state index in [0.29, 0.717) is 19.2 Å². The van der Waals surface area contributed by atoms with Crippen LogP contribution in [0.4, 0.5) is 4.79 Å². The zero-order chi connectivity index (χ0) is 17.4. The molecule has 4 nitrogen and oxygen atoms in total. The smallest absolute Gasteiger partial charge is 0.317 e. The Labute approximate surface area is 146 Å². The fraction of sp³-hybridized carbons (Fsp3) is 0.650. The van der Waals surface area contributed by atoms with Crippen molar-refractivity contribution < 1.29 is 9.53 Å². The number of urea groups is 1. The molecule has 0 saturated heterocycles. The number of ether oxygens (including phenoxy) is 1. The average molecular weight is 332 g/mol. The summed E-state index contributed by atoms with van der Waals surface area (Å²) in [5, 5.41) is 3.02. The standard InChI is InChI=1S/C20H32N2O2/c1-16-9-7-12-19(15-16)22(3)20(23)21-13-8-14-24-17(2)18-10-5-4-6-11-18/h4-6,10-11,16-17,19H,7-9,12-15H2,1-3H3,(H,21,23). The summed E-state index contributed by atoms with van der Waals surface area (Å²) in [6.07, 6.45) is 5.71. The SMILES string of the molecule is CC1CCCC(N(C)C(=O)NCCCOC(C)c2ccccc2)C1. The second-order valence-electron chi connectivity index (χ2n) is 7.05. The van der Waals surface area contributed by atoms with Crippen molar-refractivity contribution in [3.63, 3.8) is 0 Å². The predicted molar refractivity (Wildman–Crippen MR) is 98.0 cm³/mol. The van der Waals surface area contributed by atoms with Crippen LogP contribution in [0.15, 0.2) is 30.3 Å². The van der Waals surface area contributed by atoms with Gasteiger partial charge in [0.25, 0.3) is 0 Å². The lowest BCUT2D eigenvalue weighted by molar-refractivity contribution is 0.0641. The summed E-state index contributed by atoms with van der Waals surface area (Å²) in [5.74, 6) is 0.729. The molecule has 0 aromatic heterocycles. The van der Waals surface area contributed by atoms with E-state index >= 15 is 0 Å². The molecule has 4 heteroatoms. The van der Waals surface area contributed by atoms with E-state index in [4.69, 9.17) is 4.74 Å². The molecule has 0 heterocycles. The van der Waals surface area contributed by atoms with Crippen molar-refractivity contribution in [3.8, 4) is 0 Å². The minimum absolute atomic E-state index is 0.0465. The molecular weight excluding hydrogens is 300 g/mol. The van der Waals surface area contributed by atoms with Gasteiger partial charge in [0, 0.05) is 26.2 Å². The van der Waals surface area contributed by atoms with Gasteiger partial charge in [0.15, 0.2) is 0 Å². The Balaban J connectivity index is 1.60. The number of nitrogens with zero attached hydrogens (tertiary/aromatic N) is 1. The molecule has 1 N–H and O–H groups in total. The second kappa shape index (κ2) is 9.67. The first-order valence-electron chi connectivity index (χ1n) is 9.25. The van der Waals surface area contributed by atoms with Crippen LogP contribution in [0.3, 0.4) is 0 Å². The molecule has 0 bridgehead atoms. The zero-order valence-electron chi connectivity index (χ0n) is 15.3. The van der Waals surface area contributed by atoms with Gasteiger partial charge in [-0.1, -0.05) is 50.1 Å². The fourth-order valence-electron chi connectivity index (χ4n) is 3.39. The van der Waals surface area contributed by atoms with Gasteiger partial charge in [-0.3, -0.25) is 0 Å². The molecule has 134 valence electrons. The number of nitrogens with one attached hydrogen (secondary N) is 1. The molecule has 3 unspecified atom stereocenters. The summed E-state index contributed by atoms with van der Waals surface area (Å²) >= 11 is 0. The largest absolute Gasteiger partial charge is 0.374 e. The van der Waals surface area contributed by atoms with Crippen molar-refractivity contribution in [2.45, 2.75) is 58.1 Å². The van der Waals surface area contributed by atoms with Gasteiger partial charge >= 0.3 is 6.03 Å². The third kappa shape index (κ3) is 5.82. The molecule has 0 spiro atoms. The molecule has 2 rings (SSSR count). The van der Waals surface area contributed by atoms with Gasteiger partial charge in [-0.15, -0.1) is 0 Å². The van der Waals surface area contributed by atoms with Crippen molar-refractivity contribution in [2.75, 3.05) is 20.2 Å². The highest BCUT2D eigenvalue weighted by Crippen LogP contribution is 2.26. The van der Waals surface area contributed by atoms with E-state index < -0.39 is 0 Å². The van der Waals surface area contributed by atoms with Gasteiger partial charge in [-0.2, -0.15) is 0 Å². The molecule has 24 heavy (non-hydrogen) atoms. The Kier molecular flexibility index (Phi) is 7.57. The molecule has 0 aliphatic heterocycles. The van der Waals surface area contributed by atoms with E-state index in [-0.39, 0.29) is 12.1 Å². The van der Waals surface area contributed by atoms with Crippen molar-refractivity contribution in [3.05, 3.63) is 35.9 Å². The number of amides is 2. The number of hydrogen-bond donors (Lipinski definition) is 1. The summed E-state index contributed by atoms with van der Waals surface area (Å²) in [6.45, 7) is 5.66. The van der Waals surface area contributed by atoms with Crippen LogP contribution in [0.1, 0.15) is 57.6 Å². The summed E-state index contributed by atoms with van der Waals surface area (Å²) in [4.78, 5) is 14.1. The minimum Gasteiger partial charge on any atom is -0.374 e. The lowest BCUT2D eigenvalue weighted by Crippen LogP contribution is -2.45. The monoisotopic (exact) mass is 332 g/mol. The molecule has 2 amide bonds. The first-order chi connectivity index (χ1) is 11.6. The van der Waals surface area contributed by atoms with Crippen molar-refractivity contribution >= 4 is 6.03 Å². The first-order valence-corrected chi connectivity index (χ1v) is 9.25. The molecule has 1 aromatic carbocycles. The number of carbonyl (C=O) groups is 1. The fourth-order valence-corrected chi connectivity index (χ4v) is 3.39. The molecule has 0 radical (unpaired) electrons. The maximum atomic E-state index is 12.2. The Bertz CT molecular complexity index is 492. The normalized spacial score (nSPS) is 22.0. The lowest BCUT2D eigenvalue weighted by Gasteiger charge is -2.34. The van der Waals surface area contributed by atoms with Crippen LogP contribution in [0.25, 0.3) is 0 Å². The second-order valence-corrected chi connectivity index (χ2v) is 7.05. The molecule has 1 aromatic rings. The van der Waals surface area contributed by atoms with E-state index in [2.05, 4.69) is 31.3 Å². The predicted octanol–water partition coefficient (Wildman–Crippen LogP) is 4.37. The number of benzene rings is 1. The van der Waals surface area contributed by atoms with Crippen LogP contribution in [0.5, 0.6) is 0 Å². The molecular formula is C20H32N2O2.